The SMILES string of the molecule is CCCCC/C=C\C/C=C\C/C=C\C/C=C\CCCCCC(=O)OC[C@H](COP(=O)([O-])OCC[N+](C)(C)C)OC(=O)CCC/C=C\C[C@H]1[C@@H](O)CC(O)O[C@@H]1/C=C/[C@@H](O)CCCCC. The molecule has 0 aromatic rings. The largest absolute Gasteiger partial charge is 0.756 e. The molecule has 1 fully saturated rings. The van der Waals surface area contributed by atoms with E-state index in [0.717, 1.165) is 57.8 Å². The zero-order chi connectivity index (χ0) is 47.3. The summed E-state index contributed by atoms with van der Waals surface area (Å²) in [6.07, 6.45) is 36.9. The molecule has 0 bridgehead atoms. The van der Waals surface area contributed by atoms with E-state index in [-0.39, 0.29) is 38.4 Å². The number of phosphoric ester groups is 1. The highest BCUT2D eigenvalue weighted by Gasteiger charge is 2.35. The highest BCUT2D eigenvalue weighted by atomic mass is 31.2. The van der Waals surface area contributed by atoms with Crippen molar-refractivity contribution in [2.45, 2.75) is 179 Å². The summed E-state index contributed by atoms with van der Waals surface area (Å²) >= 11 is 0. The first-order chi connectivity index (χ1) is 30.7. The van der Waals surface area contributed by atoms with Gasteiger partial charge < -0.3 is 48.0 Å². The summed E-state index contributed by atoms with van der Waals surface area (Å²) in [5, 5.41) is 31.1. The predicted molar refractivity (Wildman–Crippen MR) is 253 cm³/mol. The molecule has 0 radical (unpaired) electrons. The molecule has 3 N–H and O–H groups in total. The number of esters is 2. The molecule has 0 spiro atoms. The molecule has 0 aromatic heterocycles. The van der Waals surface area contributed by atoms with E-state index in [4.69, 9.17) is 23.3 Å². The summed E-state index contributed by atoms with van der Waals surface area (Å²) < 4.78 is 39.5. The van der Waals surface area contributed by atoms with Gasteiger partial charge in [0.25, 0.3) is 7.82 Å². The van der Waals surface area contributed by atoms with Gasteiger partial charge in [-0.25, -0.2) is 0 Å². The van der Waals surface area contributed by atoms with E-state index in [0.29, 0.717) is 43.1 Å². The van der Waals surface area contributed by atoms with Crippen molar-refractivity contribution < 1.29 is 62.1 Å². The number of aliphatic hydroxyl groups is 3. The van der Waals surface area contributed by atoms with Crippen molar-refractivity contribution in [2.24, 2.45) is 5.92 Å². The Morgan fingerprint density at radius 1 is 0.750 bits per heavy atom. The molecule has 2 unspecified atom stereocenters. The quantitative estimate of drug-likeness (QED) is 0.0176. The van der Waals surface area contributed by atoms with E-state index < -0.39 is 57.1 Å². The molecule has 64 heavy (non-hydrogen) atoms. The Hall–Kier alpha value is -2.71. The number of unbranched alkanes of at least 4 members (excludes halogenated alkanes) is 9. The van der Waals surface area contributed by atoms with Crippen LogP contribution in [0.4, 0.5) is 0 Å². The second-order valence-corrected chi connectivity index (χ2v) is 19.1. The number of carbonyl (C=O) groups excluding carboxylic acids is 2. The van der Waals surface area contributed by atoms with Crippen LogP contribution >= 0.6 is 7.82 Å². The molecule has 368 valence electrons. The highest BCUT2D eigenvalue weighted by molar-refractivity contribution is 7.45. The van der Waals surface area contributed by atoms with Crippen molar-refractivity contribution in [3.63, 3.8) is 0 Å². The predicted octanol–water partition coefficient (Wildman–Crippen LogP) is 9.27. The topological polar surface area (TPSA) is 181 Å². The van der Waals surface area contributed by atoms with Gasteiger partial charge in [-0.15, -0.1) is 0 Å². The Kier molecular flexibility index (Phi) is 34.6. The number of carbonyl (C=O) groups is 2. The fourth-order valence-corrected chi connectivity index (χ4v) is 7.35. The van der Waals surface area contributed by atoms with Crippen molar-refractivity contribution in [3.05, 3.63) is 72.9 Å². The fourth-order valence-electron chi connectivity index (χ4n) is 6.62. The number of aliphatic hydroxyl groups excluding tert-OH is 3. The van der Waals surface area contributed by atoms with Crippen LogP contribution in [0, 0.1) is 5.92 Å². The molecule has 0 aliphatic carbocycles. The van der Waals surface area contributed by atoms with Crippen LogP contribution in [-0.2, 0) is 37.4 Å². The smallest absolute Gasteiger partial charge is 0.306 e. The van der Waals surface area contributed by atoms with Crippen molar-refractivity contribution in [3.8, 4) is 0 Å². The average Bonchev–Trinajstić information content (AvgIpc) is 3.23. The van der Waals surface area contributed by atoms with Gasteiger partial charge in [0.2, 0.25) is 0 Å². The lowest BCUT2D eigenvalue weighted by Crippen LogP contribution is -2.43. The van der Waals surface area contributed by atoms with Crippen molar-refractivity contribution in [2.75, 3.05) is 47.5 Å². The lowest BCUT2D eigenvalue weighted by atomic mass is 9.87. The minimum absolute atomic E-state index is 0.0197. The normalized spacial score (nSPS) is 20.6. The van der Waals surface area contributed by atoms with Crippen LogP contribution in [-0.4, -0.2) is 110 Å². The molecule has 14 heteroatoms. The van der Waals surface area contributed by atoms with Gasteiger partial charge in [0.05, 0.1) is 46.1 Å². The maximum atomic E-state index is 12.8. The summed E-state index contributed by atoms with van der Waals surface area (Å²) in [7, 11) is 0.968. The zero-order valence-electron chi connectivity index (χ0n) is 40.0. The van der Waals surface area contributed by atoms with Gasteiger partial charge in [0.15, 0.2) is 12.4 Å². The summed E-state index contributed by atoms with van der Waals surface area (Å²) in [6, 6.07) is 0. The van der Waals surface area contributed by atoms with Crippen LogP contribution in [0.15, 0.2) is 72.9 Å². The average molecular weight is 924 g/mol. The molecule has 1 rings (SSSR count). The van der Waals surface area contributed by atoms with E-state index in [1.54, 1.807) is 12.2 Å². The molecule has 1 aliphatic heterocycles. The molecule has 0 saturated carbocycles. The van der Waals surface area contributed by atoms with Gasteiger partial charge in [0, 0.05) is 25.2 Å². The third kappa shape index (κ3) is 34.6. The maximum absolute atomic E-state index is 12.8. The molecular formula is C50H86NO12P. The van der Waals surface area contributed by atoms with Gasteiger partial charge >= 0.3 is 11.9 Å². The summed E-state index contributed by atoms with van der Waals surface area (Å²) in [4.78, 5) is 37.9. The minimum Gasteiger partial charge on any atom is -0.756 e. The first kappa shape index (κ1) is 59.3. The van der Waals surface area contributed by atoms with Gasteiger partial charge in [0.1, 0.15) is 19.8 Å². The van der Waals surface area contributed by atoms with Gasteiger partial charge in [-0.1, -0.05) is 125 Å². The maximum Gasteiger partial charge on any atom is 0.306 e. The monoisotopic (exact) mass is 924 g/mol. The molecule has 1 heterocycles. The number of hydrogen-bond acceptors (Lipinski definition) is 12. The van der Waals surface area contributed by atoms with Gasteiger partial charge in [-0.05, 0) is 77.0 Å². The Balaban J connectivity index is 2.53. The third-order valence-corrected chi connectivity index (χ3v) is 11.5. The highest BCUT2D eigenvalue weighted by Crippen LogP contribution is 2.38. The number of rotatable bonds is 38. The van der Waals surface area contributed by atoms with Crippen molar-refractivity contribution >= 4 is 19.8 Å². The van der Waals surface area contributed by atoms with Crippen LogP contribution in [0.2, 0.25) is 0 Å². The molecule has 1 saturated heterocycles. The number of nitrogens with zero attached hydrogens (tertiary/aromatic N) is 1. The number of hydrogen-bond donors (Lipinski definition) is 3. The van der Waals surface area contributed by atoms with Gasteiger partial charge in [-0.3, -0.25) is 14.2 Å². The van der Waals surface area contributed by atoms with Crippen LogP contribution in [0.1, 0.15) is 149 Å². The van der Waals surface area contributed by atoms with E-state index >= 15 is 0 Å². The second kappa shape index (κ2) is 37.4. The third-order valence-electron chi connectivity index (χ3n) is 10.5. The number of ether oxygens (including phenoxy) is 3. The Labute approximate surface area is 386 Å². The number of phosphoric acid groups is 1. The number of allylic oxidation sites excluding steroid dienone is 10. The van der Waals surface area contributed by atoms with Crippen LogP contribution in [0.25, 0.3) is 0 Å². The molecule has 1 aliphatic rings. The second-order valence-electron chi connectivity index (χ2n) is 17.6. The number of quaternary nitrogens is 1. The van der Waals surface area contributed by atoms with Gasteiger partial charge in [-0.2, -0.15) is 0 Å². The summed E-state index contributed by atoms with van der Waals surface area (Å²) in [5.41, 5.74) is 0. The first-order valence-electron chi connectivity index (χ1n) is 24.0. The lowest BCUT2D eigenvalue weighted by molar-refractivity contribution is -0.870. The van der Waals surface area contributed by atoms with E-state index in [9.17, 15) is 34.4 Å². The molecule has 0 aromatic carbocycles. The van der Waals surface area contributed by atoms with Crippen LogP contribution in [0.3, 0.4) is 0 Å². The Bertz CT molecular complexity index is 1440. The molecule has 7 atom stereocenters. The molecule has 13 nitrogen and oxygen atoms in total. The summed E-state index contributed by atoms with van der Waals surface area (Å²) in [5.74, 6) is -1.40. The summed E-state index contributed by atoms with van der Waals surface area (Å²) in [6.45, 7) is 3.72. The standard InChI is InChI=1S/C50H86NO12P/c1-6-8-10-11-12-13-14-15-16-17-18-19-20-21-22-23-24-25-30-34-48(54)59-41-44(42-61-64(57,58)60-39-38-51(3,4)5)62-49(55)35-31-27-26-29-33-45-46(53)40-50(56)63-47(45)37-36-43(52)32-28-9-7-2/h12-13,15-16,18-19,21-22,26,29,36-37,43-47,50,52-53,56H,6-11,14,17,20,23-25,27-28,30-35,38-42H2,1-5H3/b13-12-,16-15-,19-18-,22-21-,29-26-,37-36+/t43-,44+,45-,46-,47+,50?/m0/s1. The Morgan fingerprint density at radius 3 is 1.97 bits per heavy atom. The zero-order valence-corrected chi connectivity index (χ0v) is 40.9. The van der Waals surface area contributed by atoms with Crippen molar-refractivity contribution in [1.82, 2.24) is 0 Å². The van der Waals surface area contributed by atoms with Crippen LogP contribution in [0.5, 0.6) is 0 Å². The fraction of sp³-hybridized carbons (Fsp3) is 0.720. The Morgan fingerprint density at radius 2 is 1.33 bits per heavy atom. The first-order valence-corrected chi connectivity index (χ1v) is 25.5. The lowest BCUT2D eigenvalue weighted by Gasteiger charge is -2.36. The van der Waals surface area contributed by atoms with E-state index in [1.165, 1.54) is 25.7 Å². The number of likely N-dealkylation sites (N-methyl/N-ethyl adjacent to an activating group) is 1. The molecular weight excluding hydrogens is 838 g/mol. The minimum atomic E-state index is -4.72. The van der Waals surface area contributed by atoms with Crippen molar-refractivity contribution in [1.29, 1.82) is 0 Å². The van der Waals surface area contributed by atoms with Crippen LogP contribution < -0.4 is 4.89 Å². The van der Waals surface area contributed by atoms with E-state index in [2.05, 4.69) is 62.5 Å². The molecule has 0 amide bonds. The van der Waals surface area contributed by atoms with E-state index in [1.807, 2.05) is 33.3 Å².